The van der Waals surface area contributed by atoms with E-state index in [1.165, 1.54) is 4.31 Å². The monoisotopic (exact) mass is 433 g/mol. The maximum absolute atomic E-state index is 12.9. The Morgan fingerprint density at radius 2 is 1.81 bits per heavy atom. The molecule has 3 rings (SSSR count). The molecule has 2 aliphatic rings. The Bertz CT molecular complexity index is 740. The van der Waals surface area contributed by atoms with Crippen molar-refractivity contribution in [1.29, 1.82) is 0 Å². The smallest absolute Gasteiger partial charge is 0.314 e. The van der Waals surface area contributed by atoms with Gasteiger partial charge in [0.25, 0.3) is 0 Å². The number of nitrogens with zero attached hydrogens (tertiary/aromatic N) is 2. The number of rotatable bonds is 3. The highest BCUT2D eigenvalue weighted by Gasteiger charge is 2.38. The molecular weight excluding hydrogens is 414 g/mol. The molecule has 0 bridgehead atoms. The summed E-state index contributed by atoms with van der Waals surface area (Å²) < 4.78 is 65.6. The first-order chi connectivity index (χ1) is 11.7. The molecule has 0 spiro atoms. The Balaban J connectivity index is 0.00000243. The summed E-state index contributed by atoms with van der Waals surface area (Å²) in [5.74, 6) is 0. The minimum Gasteiger partial charge on any atom is -0.314 e. The number of sulfonamides is 1. The predicted octanol–water partition coefficient (Wildman–Crippen LogP) is 2.45. The van der Waals surface area contributed by atoms with Gasteiger partial charge >= 0.3 is 6.18 Å². The fourth-order valence-corrected chi connectivity index (χ4v) is 5.28. The highest BCUT2D eigenvalue weighted by atomic mass is 35.5. The van der Waals surface area contributed by atoms with E-state index in [1.807, 2.05) is 0 Å². The van der Waals surface area contributed by atoms with Crippen LogP contribution in [0.5, 0.6) is 0 Å². The quantitative estimate of drug-likeness (QED) is 0.795. The second kappa shape index (κ2) is 8.20. The first-order valence-electron chi connectivity index (χ1n) is 8.01. The van der Waals surface area contributed by atoms with Crippen LogP contribution in [0.1, 0.15) is 12.0 Å². The largest absolute Gasteiger partial charge is 0.416 e. The molecule has 0 amide bonds. The summed E-state index contributed by atoms with van der Waals surface area (Å²) >= 11 is 5.90. The topological polar surface area (TPSA) is 52.7 Å². The number of halogens is 5. The number of hydrogen-bond acceptors (Lipinski definition) is 4. The van der Waals surface area contributed by atoms with Gasteiger partial charge in [0.15, 0.2) is 0 Å². The molecular formula is C15H20Cl2F3N3O2S. The molecule has 1 N–H and O–H groups in total. The number of benzene rings is 1. The highest BCUT2D eigenvalue weighted by Crippen LogP contribution is 2.35. The van der Waals surface area contributed by atoms with Crippen molar-refractivity contribution in [2.45, 2.75) is 23.5 Å². The van der Waals surface area contributed by atoms with Crippen molar-refractivity contribution in [2.24, 2.45) is 0 Å². The summed E-state index contributed by atoms with van der Waals surface area (Å²) in [5.41, 5.74) is -1.02. The molecule has 1 aromatic rings. The summed E-state index contributed by atoms with van der Waals surface area (Å²) in [6.45, 7) is 3.93. The summed E-state index contributed by atoms with van der Waals surface area (Å²) in [5, 5.41) is 3.04. The molecule has 2 heterocycles. The van der Waals surface area contributed by atoms with Gasteiger partial charge in [0.2, 0.25) is 10.0 Å². The first-order valence-corrected chi connectivity index (χ1v) is 9.83. The molecule has 0 aromatic heterocycles. The molecule has 0 radical (unpaired) electrons. The van der Waals surface area contributed by atoms with Gasteiger partial charge in [-0.25, -0.2) is 8.42 Å². The molecule has 1 unspecified atom stereocenters. The average Bonchev–Trinajstić information content (AvgIpc) is 3.05. The van der Waals surface area contributed by atoms with Crippen molar-refractivity contribution in [3.05, 3.63) is 28.8 Å². The molecule has 0 saturated carbocycles. The molecule has 1 aromatic carbocycles. The van der Waals surface area contributed by atoms with Crippen LogP contribution in [0.3, 0.4) is 0 Å². The van der Waals surface area contributed by atoms with Crippen LogP contribution in [0, 0.1) is 0 Å². The van der Waals surface area contributed by atoms with E-state index in [-0.39, 0.29) is 36.6 Å². The Morgan fingerprint density at radius 3 is 2.42 bits per heavy atom. The number of piperazine rings is 1. The molecule has 11 heteroatoms. The van der Waals surface area contributed by atoms with Gasteiger partial charge in [-0.05, 0) is 24.6 Å². The zero-order chi connectivity index (χ0) is 18.2. The normalized spacial score (nSPS) is 23.0. The maximum Gasteiger partial charge on any atom is 0.416 e. The van der Waals surface area contributed by atoms with Crippen LogP contribution in [0.4, 0.5) is 13.2 Å². The molecule has 2 aliphatic heterocycles. The third-order valence-corrected chi connectivity index (χ3v) is 7.02. The van der Waals surface area contributed by atoms with Crippen LogP contribution >= 0.6 is 24.0 Å². The van der Waals surface area contributed by atoms with Gasteiger partial charge in [-0.3, -0.25) is 4.90 Å². The molecule has 26 heavy (non-hydrogen) atoms. The van der Waals surface area contributed by atoms with Crippen molar-refractivity contribution >= 4 is 34.0 Å². The Hall–Kier alpha value is -0.580. The van der Waals surface area contributed by atoms with Crippen LogP contribution in [0.15, 0.2) is 23.1 Å². The van der Waals surface area contributed by atoms with E-state index in [9.17, 15) is 21.6 Å². The van der Waals surface area contributed by atoms with Crippen LogP contribution in [-0.2, 0) is 16.2 Å². The first kappa shape index (κ1) is 21.7. The van der Waals surface area contributed by atoms with Gasteiger partial charge in [-0.2, -0.15) is 17.5 Å². The van der Waals surface area contributed by atoms with E-state index in [4.69, 9.17) is 11.6 Å². The molecule has 2 fully saturated rings. The molecule has 5 nitrogen and oxygen atoms in total. The van der Waals surface area contributed by atoms with E-state index < -0.39 is 26.7 Å². The minimum atomic E-state index is -4.62. The summed E-state index contributed by atoms with van der Waals surface area (Å²) in [7, 11) is -4.06. The second-order valence-electron chi connectivity index (χ2n) is 6.23. The molecule has 1 atom stereocenters. The predicted molar refractivity (Wildman–Crippen MR) is 95.3 cm³/mol. The fraction of sp³-hybridized carbons (Fsp3) is 0.600. The summed E-state index contributed by atoms with van der Waals surface area (Å²) in [6.07, 6.45) is -3.96. The number of hydrogen-bond donors (Lipinski definition) is 1. The van der Waals surface area contributed by atoms with E-state index >= 15 is 0 Å². The van der Waals surface area contributed by atoms with E-state index in [0.717, 1.165) is 38.3 Å². The Labute approximate surface area is 161 Å². The maximum atomic E-state index is 12.9. The van der Waals surface area contributed by atoms with Gasteiger partial charge in [-0.15, -0.1) is 12.4 Å². The molecule has 2 saturated heterocycles. The third kappa shape index (κ3) is 4.45. The van der Waals surface area contributed by atoms with Crippen LogP contribution < -0.4 is 5.32 Å². The van der Waals surface area contributed by atoms with Gasteiger partial charge in [0.05, 0.1) is 10.6 Å². The highest BCUT2D eigenvalue weighted by molar-refractivity contribution is 7.89. The van der Waals surface area contributed by atoms with E-state index in [2.05, 4.69) is 10.2 Å². The number of nitrogens with one attached hydrogen (secondary N) is 1. The molecule has 148 valence electrons. The Morgan fingerprint density at radius 1 is 1.15 bits per heavy atom. The lowest BCUT2D eigenvalue weighted by atomic mass is 10.2. The van der Waals surface area contributed by atoms with E-state index in [1.54, 1.807) is 0 Å². The summed E-state index contributed by atoms with van der Waals surface area (Å²) in [4.78, 5) is 1.74. The average molecular weight is 434 g/mol. The summed E-state index contributed by atoms with van der Waals surface area (Å²) in [6, 6.07) is 2.48. The van der Waals surface area contributed by atoms with E-state index in [0.29, 0.717) is 12.5 Å². The van der Waals surface area contributed by atoms with Crippen molar-refractivity contribution < 1.29 is 21.6 Å². The zero-order valence-corrected chi connectivity index (χ0v) is 16.2. The van der Waals surface area contributed by atoms with Crippen molar-refractivity contribution in [1.82, 2.24) is 14.5 Å². The zero-order valence-electron chi connectivity index (χ0n) is 13.8. The van der Waals surface area contributed by atoms with Gasteiger partial charge < -0.3 is 5.32 Å². The Kier molecular flexibility index (Phi) is 6.85. The fourth-order valence-electron chi connectivity index (χ4n) is 3.29. The van der Waals surface area contributed by atoms with Crippen molar-refractivity contribution in [2.75, 3.05) is 39.3 Å². The van der Waals surface area contributed by atoms with Crippen molar-refractivity contribution in [3.8, 4) is 0 Å². The SMILES string of the molecule is Cl.O=S(=O)(c1cc(C(F)(F)F)ccc1Cl)N1CCC(N2CCNCC2)C1. The second-order valence-corrected chi connectivity index (χ2v) is 8.55. The van der Waals surface area contributed by atoms with Crippen LogP contribution in [0.25, 0.3) is 0 Å². The molecule has 0 aliphatic carbocycles. The minimum absolute atomic E-state index is 0. The van der Waals surface area contributed by atoms with Gasteiger partial charge in [0.1, 0.15) is 4.90 Å². The third-order valence-electron chi connectivity index (χ3n) is 4.67. The van der Waals surface area contributed by atoms with Crippen LogP contribution in [-0.4, -0.2) is 62.9 Å². The standard InChI is InChI=1S/C15H19ClF3N3O2S.ClH/c16-13-2-1-11(15(17,18)19)9-14(13)25(23,24)22-6-3-12(10-22)21-7-4-20-5-8-21;/h1-2,9,12,20H,3-8,10H2;1H. The van der Waals surface area contributed by atoms with Crippen molar-refractivity contribution in [3.63, 3.8) is 0 Å². The van der Waals surface area contributed by atoms with Gasteiger partial charge in [0, 0.05) is 45.3 Å². The number of alkyl halides is 3. The van der Waals surface area contributed by atoms with Crippen LogP contribution in [0.2, 0.25) is 5.02 Å². The van der Waals surface area contributed by atoms with Gasteiger partial charge in [-0.1, -0.05) is 11.6 Å². The lowest BCUT2D eigenvalue weighted by molar-refractivity contribution is -0.137. The lowest BCUT2D eigenvalue weighted by Crippen LogP contribution is -2.49. The lowest BCUT2D eigenvalue weighted by Gasteiger charge is -2.32.